The number of benzene rings is 2. The van der Waals surface area contributed by atoms with Gasteiger partial charge in [0.1, 0.15) is 11.5 Å². The molecule has 0 atom stereocenters. The van der Waals surface area contributed by atoms with Crippen LogP contribution in [-0.4, -0.2) is 35.8 Å². The van der Waals surface area contributed by atoms with E-state index in [2.05, 4.69) is 44.9 Å². The van der Waals surface area contributed by atoms with E-state index in [1.807, 2.05) is 19.1 Å². The second-order valence-electron chi connectivity index (χ2n) is 9.12. The first-order valence-electron chi connectivity index (χ1n) is 10.6. The molecule has 162 valence electrons. The molecule has 30 heavy (non-hydrogen) atoms. The Morgan fingerprint density at radius 2 is 1.47 bits per heavy atom. The van der Waals surface area contributed by atoms with Crippen LogP contribution in [0.1, 0.15) is 69.3 Å². The maximum absolute atomic E-state index is 12.4. The number of hydrogen-bond donors (Lipinski definition) is 0. The lowest BCUT2D eigenvalue weighted by Gasteiger charge is -2.53. The summed E-state index contributed by atoms with van der Waals surface area (Å²) in [6.45, 7) is 11.4. The third kappa shape index (κ3) is 4.85. The Labute approximate surface area is 179 Å². The molecule has 0 saturated carbocycles. The smallest absolute Gasteiger partial charge is 0.343 e. The quantitative estimate of drug-likeness (QED) is 0.457. The minimum absolute atomic E-state index is 0.0695. The predicted molar refractivity (Wildman–Crippen MR) is 118 cm³/mol. The number of ether oxygens (including phenoxy) is 2. The number of esters is 1. The predicted octanol–water partition coefficient (Wildman–Crippen LogP) is 5.60. The number of hydroxylamine groups is 2. The molecule has 3 rings (SSSR count). The van der Waals surface area contributed by atoms with E-state index in [0.717, 1.165) is 18.6 Å². The van der Waals surface area contributed by atoms with Gasteiger partial charge in [-0.15, -0.1) is 0 Å². The molecular weight excluding hydrogens is 378 g/mol. The van der Waals surface area contributed by atoms with Crippen molar-refractivity contribution in [2.24, 2.45) is 0 Å². The summed E-state index contributed by atoms with van der Waals surface area (Å²) in [5.41, 5.74) is 1.62. The summed E-state index contributed by atoms with van der Waals surface area (Å²) < 4.78 is 11.0. The molecule has 0 amide bonds. The molecule has 2 aromatic carbocycles. The van der Waals surface area contributed by atoms with Crippen LogP contribution in [-0.2, 0) is 4.84 Å². The van der Waals surface area contributed by atoms with E-state index in [0.29, 0.717) is 23.8 Å². The number of nitrogens with zero attached hydrogens (tertiary/aromatic N) is 1. The van der Waals surface area contributed by atoms with Gasteiger partial charge in [-0.2, -0.15) is 5.06 Å². The van der Waals surface area contributed by atoms with Crippen LogP contribution < -0.4 is 9.47 Å². The van der Waals surface area contributed by atoms with Crippen molar-refractivity contribution in [2.75, 3.05) is 13.7 Å². The Morgan fingerprint density at radius 1 is 0.933 bits per heavy atom. The first-order chi connectivity index (χ1) is 14.2. The van der Waals surface area contributed by atoms with Gasteiger partial charge >= 0.3 is 5.97 Å². The van der Waals surface area contributed by atoms with E-state index in [1.54, 1.807) is 31.4 Å². The van der Waals surface area contributed by atoms with Gasteiger partial charge in [0, 0.05) is 11.1 Å². The van der Waals surface area contributed by atoms with Crippen LogP contribution in [0.5, 0.6) is 11.5 Å². The summed E-state index contributed by atoms with van der Waals surface area (Å²) in [6.07, 6.45) is 1.99. The van der Waals surface area contributed by atoms with Gasteiger partial charge < -0.3 is 14.3 Å². The number of rotatable bonds is 6. The molecule has 0 aromatic heterocycles. The molecule has 1 aliphatic heterocycles. The Bertz CT molecular complexity index is 838. The molecule has 0 spiro atoms. The van der Waals surface area contributed by atoms with Crippen LogP contribution >= 0.6 is 0 Å². The lowest BCUT2D eigenvalue weighted by atomic mass is 9.73. The molecule has 5 heteroatoms. The molecule has 5 nitrogen and oxygen atoms in total. The molecule has 1 saturated heterocycles. The number of carbonyl (C=O) groups is 1. The molecule has 1 aliphatic rings. The fraction of sp³-hybridized carbons (Fsp3) is 0.480. The second-order valence-corrected chi connectivity index (χ2v) is 9.12. The van der Waals surface area contributed by atoms with E-state index >= 15 is 0 Å². The van der Waals surface area contributed by atoms with Gasteiger partial charge in [-0.05, 0) is 95.3 Å². The molecule has 0 bridgehead atoms. The van der Waals surface area contributed by atoms with Crippen molar-refractivity contribution in [1.29, 1.82) is 0 Å². The molecule has 0 radical (unpaired) electrons. The van der Waals surface area contributed by atoms with Gasteiger partial charge in [-0.3, -0.25) is 0 Å². The highest BCUT2D eigenvalue weighted by atomic mass is 16.7. The van der Waals surface area contributed by atoms with Crippen molar-refractivity contribution in [2.45, 2.75) is 64.5 Å². The number of hydrogen-bond acceptors (Lipinski definition) is 5. The molecule has 0 unspecified atom stereocenters. The topological polar surface area (TPSA) is 48.0 Å². The Hall–Kier alpha value is -2.37. The molecule has 1 heterocycles. The normalized spacial score (nSPS) is 18.7. The zero-order valence-electron chi connectivity index (χ0n) is 18.9. The van der Waals surface area contributed by atoms with Crippen LogP contribution in [0, 0.1) is 0 Å². The Morgan fingerprint density at radius 3 is 1.97 bits per heavy atom. The van der Waals surface area contributed by atoms with Crippen molar-refractivity contribution >= 4 is 5.97 Å². The van der Waals surface area contributed by atoms with Gasteiger partial charge in [-0.1, -0.05) is 12.1 Å². The van der Waals surface area contributed by atoms with E-state index in [9.17, 15) is 4.79 Å². The highest BCUT2D eigenvalue weighted by Gasteiger charge is 2.46. The number of carbonyl (C=O) groups excluding carboxylic acids is 1. The first kappa shape index (κ1) is 22.3. The lowest BCUT2D eigenvalue weighted by molar-refractivity contribution is -0.266. The van der Waals surface area contributed by atoms with Crippen molar-refractivity contribution in [1.82, 2.24) is 5.06 Å². The van der Waals surface area contributed by atoms with Crippen molar-refractivity contribution in [3.63, 3.8) is 0 Å². The second kappa shape index (κ2) is 8.78. The number of piperidine rings is 1. The van der Waals surface area contributed by atoms with E-state index in [1.165, 1.54) is 5.56 Å². The maximum Gasteiger partial charge on any atom is 0.343 e. The summed E-state index contributed by atoms with van der Waals surface area (Å²) in [7, 11) is 1.75. The third-order valence-corrected chi connectivity index (χ3v) is 5.74. The summed E-state index contributed by atoms with van der Waals surface area (Å²) in [5, 5.41) is 2.11. The minimum atomic E-state index is -0.374. The lowest BCUT2D eigenvalue weighted by Crippen LogP contribution is -2.59. The van der Waals surface area contributed by atoms with Crippen LogP contribution in [0.25, 0.3) is 0 Å². The molecule has 1 fully saturated rings. The zero-order valence-corrected chi connectivity index (χ0v) is 18.9. The van der Waals surface area contributed by atoms with Crippen molar-refractivity contribution < 1.29 is 19.1 Å². The van der Waals surface area contributed by atoms with Gasteiger partial charge in [-0.25, -0.2) is 4.79 Å². The fourth-order valence-electron chi connectivity index (χ4n) is 4.82. The molecule has 0 aliphatic carbocycles. The van der Waals surface area contributed by atoms with Crippen molar-refractivity contribution in [3.05, 3.63) is 59.7 Å². The largest absolute Gasteiger partial charge is 0.494 e. The van der Waals surface area contributed by atoms with Crippen LogP contribution in [0.2, 0.25) is 0 Å². The van der Waals surface area contributed by atoms with E-state index in [-0.39, 0.29) is 17.0 Å². The monoisotopic (exact) mass is 411 g/mol. The van der Waals surface area contributed by atoms with Crippen molar-refractivity contribution in [3.8, 4) is 11.5 Å². The molecular formula is C25H33NO4. The first-order valence-corrected chi connectivity index (χ1v) is 10.6. The highest BCUT2D eigenvalue weighted by Crippen LogP contribution is 2.45. The van der Waals surface area contributed by atoms with E-state index < -0.39 is 0 Å². The SMILES string of the molecule is CCOc1ccc(C(=O)Oc2ccc(C3CC(C)(C)N(OC)C(C)(C)C3)cc2)cc1. The Balaban J connectivity index is 1.68. The molecule has 2 aromatic rings. The zero-order chi connectivity index (χ0) is 21.9. The maximum atomic E-state index is 12.4. The fourth-order valence-corrected chi connectivity index (χ4v) is 4.82. The standard InChI is InChI=1S/C25H33NO4/c1-7-29-21-12-10-19(11-13-21)23(27)30-22-14-8-18(9-15-22)20-16-24(2,3)26(28-6)25(4,5)17-20/h8-15,20H,7,16-17H2,1-6H3. The highest BCUT2D eigenvalue weighted by molar-refractivity contribution is 5.91. The van der Waals surface area contributed by atoms with Gasteiger partial charge in [0.25, 0.3) is 0 Å². The summed E-state index contributed by atoms with van der Waals surface area (Å²) in [4.78, 5) is 18.1. The van der Waals surface area contributed by atoms with Gasteiger partial charge in [0.05, 0.1) is 19.3 Å². The van der Waals surface area contributed by atoms with E-state index in [4.69, 9.17) is 14.3 Å². The van der Waals surface area contributed by atoms with Crippen LogP contribution in [0.3, 0.4) is 0 Å². The van der Waals surface area contributed by atoms with Crippen LogP contribution in [0.15, 0.2) is 48.5 Å². The Kier molecular flexibility index (Phi) is 6.53. The minimum Gasteiger partial charge on any atom is -0.494 e. The van der Waals surface area contributed by atoms with Crippen LogP contribution in [0.4, 0.5) is 0 Å². The third-order valence-electron chi connectivity index (χ3n) is 5.74. The molecule has 0 N–H and O–H groups in total. The average Bonchev–Trinajstić information content (AvgIpc) is 2.68. The summed E-state index contributed by atoms with van der Waals surface area (Å²) in [5.74, 6) is 1.33. The summed E-state index contributed by atoms with van der Waals surface area (Å²) in [6, 6.07) is 14.9. The van der Waals surface area contributed by atoms with Gasteiger partial charge in [0.2, 0.25) is 0 Å². The summed E-state index contributed by atoms with van der Waals surface area (Å²) >= 11 is 0. The average molecular weight is 412 g/mol. The van der Waals surface area contributed by atoms with Gasteiger partial charge in [0.15, 0.2) is 0 Å².